The van der Waals surface area contributed by atoms with Gasteiger partial charge in [0.2, 0.25) is 23.6 Å². The van der Waals surface area contributed by atoms with Gasteiger partial charge in [0.15, 0.2) is 0 Å². The Morgan fingerprint density at radius 1 is 0.455 bits per heavy atom. The molecule has 0 radical (unpaired) electrons. The zero-order valence-electron chi connectivity index (χ0n) is 62.5. The van der Waals surface area contributed by atoms with Crippen molar-refractivity contribution in [1.82, 2.24) is 20.4 Å². The van der Waals surface area contributed by atoms with E-state index in [1.807, 2.05) is 23.8 Å². The van der Waals surface area contributed by atoms with Gasteiger partial charge in [-0.05, 0) is 355 Å². The maximum atomic E-state index is 12.5. The molecule has 22 bridgehead atoms. The van der Waals surface area contributed by atoms with E-state index in [-0.39, 0.29) is 70.6 Å². The van der Waals surface area contributed by atoms with Crippen LogP contribution in [0.1, 0.15) is 229 Å². The number of carbonyl (C=O) groups is 7. The molecule has 22 aliphatic carbocycles. The Morgan fingerprint density at radius 2 is 0.818 bits per heavy atom. The number of esters is 2. The minimum Gasteiger partial charge on any atom is -0.459 e. The molecule has 4 atom stereocenters. The number of hydrogen-bond donors (Lipinski definition) is 2. The van der Waals surface area contributed by atoms with E-state index in [9.17, 15) is 33.6 Å². The van der Waals surface area contributed by atoms with E-state index in [1.165, 1.54) is 179 Å². The van der Waals surface area contributed by atoms with Gasteiger partial charge in [0, 0.05) is 66.5 Å². The van der Waals surface area contributed by atoms with E-state index >= 15 is 0 Å². The van der Waals surface area contributed by atoms with E-state index < -0.39 is 0 Å². The highest BCUT2D eigenvalue weighted by Gasteiger charge is 2.67. The number of fused-ring (bicyclic) bond motifs is 2. The Kier molecular flexibility index (Phi) is 22.3. The third-order valence-corrected chi connectivity index (χ3v) is 30.7. The second-order valence-corrected chi connectivity index (χ2v) is 37.4. The van der Waals surface area contributed by atoms with E-state index in [1.54, 1.807) is 27.7 Å². The lowest BCUT2D eigenvalue weighted by Crippen LogP contribution is -2.56. The summed E-state index contributed by atoms with van der Waals surface area (Å²) in [6.45, 7) is 38.4. The molecule has 13 heteroatoms. The minimum absolute atomic E-state index is 0.00905. The predicted molar refractivity (Wildman–Crippen MR) is 390 cm³/mol. The quantitative estimate of drug-likeness (QED) is 0.127. The van der Waals surface area contributed by atoms with Crippen molar-refractivity contribution >= 4 is 41.4 Å². The molecule has 0 heterocycles. The molecule has 0 saturated heterocycles. The first kappa shape index (κ1) is 73.7. The van der Waals surface area contributed by atoms with Crippen molar-refractivity contribution in [3.8, 4) is 0 Å². The van der Waals surface area contributed by atoms with Crippen LogP contribution in [0, 0.1) is 141 Å². The fourth-order valence-corrected chi connectivity index (χ4v) is 27.1. The Bertz CT molecular complexity index is 2850. The summed E-state index contributed by atoms with van der Waals surface area (Å²) in [5.41, 5.74) is 1.89. The fourth-order valence-electron chi connectivity index (χ4n) is 27.1. The van der Waals surface area contributed by atoms with Crippen LogP contribution in [0.5, 0.6) is 0 Å². The van der Waals surface area contributed by atoms with Crippen molar-refractivity contribution in [3.05, 3.63) is 74.4 Å². The highest BCUT2D eigenvalue weighted by molar-refractivity contribution is 5.93. The molecule has 0 aromatic carbocycles. The first-order chi connectivity index (χ1) is 47.0. The predicted octanol–water partition coefficient (Wildman–Crippen LogP) is 16.0. The number of rotatable bonds is 14. The molecule has 22 aliphatic rings. The summed E-state index contributed by atoms with van der Waals surface area (Å²) in [5, 5.41) is 6.38. The van der Waals surface area contributed by atoms with Crippen LogP contribution in [0.2, 0.25) is 0 Å². The van der Waals surface area contributed by atoms with Crippen molar-refractivity contribution < 1.29 is 43.0 Å². The molecule has 0 spiro atoms. The van der Waals surface area contributed by atoms with Gasteiger partial charge < -0.3 is 29.9 Å². The number of Topliss-reactive ketones (excluding diaryl/α,β-unsaturated/α-hetero) is 1. The van der Waals surface area contributed by atoms with Crippen LogP contribution in [-0.4, -0.2) is 101 Å². The molecule has 13 nitrogen and oxygen atoms in total. The molecule has 546 valence electrons. The molecular formula is C86H128N4O9. The Balaban J connectivity index is 0.000000113. The average molecular weight is 1360 g/mol. The van der Waals surface area contributed by atoms with Crippen molar-refractivity contribution in [1.29, 1.82) is 0 Å². The summed E-state index contributed by atoms with van der Waals surface area (Å²) in [6.07, 6.45) is 40.4. The number of ketones is 1. The van der Waals surface area contributed by atoms with Crippen LogP contribution in [0.3, 0.4) is 0 Å². The topological polar surface area (TPSA) is 168 Å². The van der Waals surface area contributed by atoms with Crippen molar-refractivity contribution in [2.24, 2.45) is 141 Å². The summed E-state index contributed by atoms with van der Waals surface area (Å²) in [5.74, 6) is 17.5. The second kappa shape index (κ2) is 30.0. The number of hydrogen-bond acceptors (Lipinski definition) is 9. The highest BCUT2D eigenvalue weighted by Crippen LogP contribution is 2.69. The van der Waals surface area contributed by atoms with Crippen LogP contribution in [0.25, 0.3) is 0 Å². The smallest absolute Gasteiger partial charge is 0.333 e. The summed E-state index contributed by atoms with van der Waals surface area (Å²) in [6, 6.07) is 1.65. The molecule has 0 aromatic heterocycles. The van der Waals surface area contributed by atoms with Gasteiger partial charge in [-0.3, -0.25) is 24.0 Å². The molecular weight excluding hydrogens is 1230 g/mol. The maximum Gasteiger partial charge on any atom is 0.333 e. The number of nitrogens with one attached hydrogen (secondary N) is 2. The zero-order valence-corrected chi connectivity index (χ0v) is 62.5. The largest absolute Gasteiger partial charge is 0.459 e. The third-order valence-electron chi connectivity index (χ3n) is 30.7. The Morgan fingerprint density at radius 3 is 1.12 bits per heavy atom. The van der Waals surface area contributed by atoms with E-state index in [0.717, 1.165) is 108 Å². The van der Waals surface area contributed by atoms with Gasteiger partial charge >= 0.3 is 11.9 Å². The Labute approximate surface area is 596 Å². The standard InChI is InChI=1S/C18H29NO2.2C14H21NO.C14H20O2.C13H19NO.C13H18O2/c1-8-19(16(21)11(2)3)15-9-14-13(12(4)20)10-18(15,7)17(14,5)6;1-8(2)14(16)15-13-11-4-9-3-10(6-11)7-12(13)5-9;1-3-13(16)15(2)14-11-5-9-4-10(7-11)8-12(14)6-9;1-8(2)14(15)16-13-11-4-9-3-10(6-11)7-12(13)5-9;1-2-12(15)14-13-10-4-8-3-9(6-10)7-11(13)5-8;1-2-12(14)15-13-10-4-8-3-9(6-10)7-11(13)5-8/h13-15H,2,8-10H2,1,3-7H3;9-13H,1,3-7H2,2H3,(H,15,16);3,9-12,14H,1,4-8H2,2H3;9-13H,1,3-7H2,2H3;2,8-11,13H,1,3-7H2,(H,14,15);2,8-11,13H,1,3-7H2. The van der Waals surface area contributed by atoms with Crippen LogP contribution in [0.15, 0.2) is 74.4 Å². The number of ether oxygens (including phenoxy) is 2. The van der Waals surface area contributed by atoms with Gasteiger partial charge in [-0.15, -0.1) is 0 Å². The lowest BCUT2D eigenvalue weighted by Gasteiger charge is -2.56. The van der Waals surface area contributed by atoms with Crippen molar-refractivity contribution in [2.75, 3.05) is 13.6 Å². The first-order valence-electron chi connectivity index (χ1n) is 40.0. The minimum atomic E-state index is -0.229. The molecule has 22 rings (SSSR count). The molecule has 99 heavy (non-hydrogen) atoms. The summed E-state index contributed by atoms with van der Waals surface area (Å²) >= 11 is 0. The molecule has 4 amide bonds. The number of nitrogens with zero attached hydrogens (tertiary/aromatic N) is 2. The molecule has 2 N–H and O–H groups in total. The monoisotopic (exact) mass is 1360 g/mol. The molecule has 4 unspecified atom stereocenters. The van der Waals surface area contributed by atoms with Crippen LogP contribution in [0.4, 0.5) is 0 Å². The van der Waals surface area contributed by atoms with Gasteiger partial charge in [-0.25, -0.2) is 9.59 Å². The van der Waals surface area contributed by atoms with E-state index in [4.69, 9.17) is 9.47 Å². The lowest BCUT2D eigenvalue weighted by molar-refractivity contribution is -0.166. The number of likely N-dealkylation sites (N-methyl/N-ethyl adjacent to an activating group) is 2. The number of carbonyl (C=O) groups excluding carboxylic acids is 7. The maximum absolute atomic E-state index is 12.5. The Hall–Kier alpha value is -5.07. The average Bonchev–Trinajstić information content (AvgIpc) is 1.54. The van der Waals surface area contributed by atoms with Crippen LogP contribution < -0.4 is 10.6 Å². The van der Waals surface area contributed by atoms with Gasteiger partial charge in [0.05, 0.1) is 0 Å². The summed E-state index contributed by atoms with van der Waals surface area (Å²) < 4.78 is 11.2. The molecule has 22 saturated carbocycles. The lowest BCUT2D eigenvalue weighted by atomic mass is 9.54. The van der Waals surface area contributed by atoms with Crippen LogP contribution in [-0.2, 0) is 43.0 Å². The normalized spacial score (nSPS) is 43.4. The van der Waals surface area contributed by atoms with Gasteiger partial charge in [0.1, 0.15) is 18.0 Å². The first-order valence-corrected chi connectivity index (χ1v) is 40.0. The molecule has 0 aliphatic heterocycles. The third kappa shape index (κ3) is 15.2. The van der Waals surface area contributed by atoms with Gasteiger partial charge in [-0.1, -0.05) is 60.2 Å². The number of amides is 4. The van der Waals surface area contributed by atoms with Crippen molar-refractivity contribution in [2.45, 2.75) is 265 Å². The van der Waals surface area contributed by atoms with E-state index in [2.05, 4.69) is 70.9 Å². The zero-order chi connectivity index (χ0) is 70.8. The summed E-state index contributed by atoms with van der Waals surface area (Å²) in [7, 11) is 1.97. The van der Waals surface area contributed by atoms with Crippen LogP contribution >= 0.6 is 0 Å². The van der Waals surface area contributed by atoms with E-state index in [0.29, 0.717) is 76.8 Å². The molecule has 22 fully saturated rings. The van der Waals surface area contributed by atoms with Gasteiger partial charge in [0.25, 0.3) is 0 Å². The summed E-state index contributed by atoms with van der Waals surface area (Å²) in [4.78, 5) is 86.1. The fraction of sp³-hybridized carbons (Fsp3) is 0.779. The SMILES string of the molecule is C=C(C)C(=O)N(CC)C1CC2C(C(C)=O)CC1(C)C2(C)C.C=C(C)C(=O)NC1C2CC3CC(C2)CC1C3.C=C(C)C(=O)OC1C2CC3CC(C2)CC1C3.C=CC(=O)N(C)C1C2CC3CC(C2)CC1C3.C=CC(=O)NC1C2CC3CC(C2)CC1C3.C=CC(=O)OC1C2CC3CC(C2)CC1C3. The highest BCUT2D eigenvalue weighted by atomic mass is 16.5. The van der Waals surface area contributed by atoms with Gasteiger partial charge in [-0.2, -0.15) is 0 Å². The second-order valence-electron chi connectivity index (χ2n) is 37.4. The molecule has 0 aromatic rings. The van der Waals surface area contributed by atoms with Crippen molar-refractivity contribution in [3.63, 3.8) is 0 Å².